The van der Waals surface area contributed by atoms with Crippen molar-refractivity contribution in [1.29, 1.82) is 0 Å². The van der Waals surface area contributed by atoms with Crippen LogP contribution in [0.3, 0.4) is 0 Å². The van der Waals surface area contributed by atoms with E-state index in [9.17, 15) is 9.50 Å². The van der Waals surface area contributed by atoms with Gasteiger partial charge in [0.1, 0.15) is 21.7 Å². The molecular weight excluding hydrogens is 297 g/mol. The van der Waals surface area contributed by atoms with E-state index >= 15 is 0 Å². The molecule has 3 rings (SSSR count). The van der Waals surface area contributed by atoms with Crippen LogP contribution in [0, 0.1) is 5.82 Å². The number of aliphatic hydroxyl groups excluding tert-OH is 1. The van der Waals surface area contributed by atoms with Crippen molar-refractivity contribution in [2.24, 2.45) is 0 Å². The highest BCUT2D eigenvalue weighted by Crippen LogP contribution is 2.31. The van der Waals surface area contributed by atoms with Crippen LogP contribution in [0.4, 0.5) is 4.39 Å². The molecule has 20 heavy (non-hydrogen) atoms. The number of furan rings is 1. The molecule has 1 atom stereocenters. The minimum Gasteiger partial charge on any atom is -0.457 e. The predicted molar refractivity (Wildman–Crippen MR) is 81.4 cm³/mol. The summed E-state index contributed by atoms with van der Waals surface area (Å²) in [5, 5.41) is 12.4. The molecular formula is C14H10FNO2S2. The van der Waals surface area contributed by atoms with Crippen LogP contribution in [0.2, 0.25) is 0 Å². The number of aliphatic hydroxyl groups is 1. The Morgan fingerprint density at radius 3 is 2.80 bits per heavy atom. The maximum absolute atomic E-state index is 13.7. The van der Waals surface area contributed by atoms with E-state index in [0.29, 0.717) is 26.3 Å². The molecule has 6 heteroatoms. The van der Waals surface area contributed by atoms with Crippen LogP contribution in [0.25, 0.3) is 17.4 Å². The Labute approximate surface area is 124 Å². The third-order valence-electron chi connectivity index (χ3n) is 2.79. The molecule has 1 aliphatic rings. The molecule has 0 aliphatic carbocycles. The fourth-order valence-corrected chi connectivity index (χ4v) is 2.99. The Balaban J connectivity index is 1.90. The molecule has 0 bridgehead atoms. The zero-order chi connectivity index (χ0) is 14.1. The van der Waals surface area contributed by atoms with Crippen molar-refractivity contribution >= 4 is 34.4 Å². The number of halogens is 1. The molecule has 0 spiro atoms. The SMILES string of the molecule is OC1NC(=S)SC1=Cc1ccc(-c2ccccc2F)o1. The predicted octanol–water partition coefficient (Wildman–Crippen LogP) is 3.37. The second-order valence-corrected chi connectivity index (χ2v) is 5.92. The molecule has 0 saturated carbocycles. The Morgan fingerprint density at radius 1 is 1.30 bits per heavy atom. The normalized spacial score (nSPS) is 20.4. The van der Waals surface area contributed by atoms with Crippen LogP contribution in [0.1, 0.15) is 5.76 Å². The number of rotatable bonds is 2. The number of benzene rings is 1. The molecule has 1 unspecified atom stereocenters. The minimum atomic E-state index is -0.811. The van der Waals surface area contributed by atoms with E-state index in [1.54, 1.807) is 36.4 Å². The van der Waals surface area contributed by atoms with Gasteiger partial charge in [0.15, 0.2) is 6.23 Å². The van der Waals surface area contributed by atoms with Gasteiger partial charge in [0.25, 0.3) is 0 Å². The number of thioether (sulfide) groups is 1. The second kappa shape index (κ2) is 5.40. The first-order valence-electron chi connectivity index (χ1n) is 5.86. The zero-order valence-corrected chi connectivity index (χ0v) is 11.8. The van der Waals surface area contributed by atoms with E-state index in [2.05, 4.69) is 5.32 Å². The van der Waals surface area contributed by atoms with Gasteiger partial charge in [0, 0.05) is 4.91 Å². The first-order chi connectivity index (χ1) is 9.63. The fraction of sp³-hybridized carbons (Fsp3) is 0.0714. The summed E-state index contributed by atoms with van der Waals surface area (Å²) < 4.78 is 19.8. The number of nitrogens with one attached hydrogen (secondary N) is 1. The summed E-state index contributed by atoms with van der Waals surface area (Å²) in [5.74, 6) is 0.651. The molecule has 1 aromatic heterocycles. The van der Waals surface area contributed by atoms with Crippen LogP contribution < -0.4 is 5.32 Å². The number of thiocarbonyl (C=S) groups is 1. The average Bonchev–Trinajstić information content (AvgIpc) is 2.98. The second-order valence-electron chi connectivity index (χ2n) is 4.16. The standard InChI is InChI=1S/C14H10FNO2S2/c15-10-4-2-1-3-9(10)11-6-5-8(18-11)7-12-13(17)16-14(19)20-12/h1-7,13,17H,(H,16,19). The van der Waals surface area contributed by atoms with Gasteiger partial charge in [-0.1, -0.05) is 36.1 Å². The lowest BCUT2D eigenvalue weighted by Gasteiger charge is -2.01. The van der Waals surface area contributed by atoms with Crippen molar-refractivity contribution in [3.63, 3.8) is 0 Å². The van der Waals surface area contributed by atoms with Gasteiger partial charge in [-0.3, -0.25) is 0 Å². The van der Waals surface area contributed by atoms with Gasteiger partial charge in [-0.05, 0) is 30.3 Å². The average molecular weight is 307 g/mol. The monoisotopic (exact) mass is 307 g/mol. The van der Waals surface area contributed by atoms with Crippen molar-refractivity contribution in [3.05, 3.63) is 52.9 Å². The molecule has 2 aromatic rings. The van der Waals surface area contributed by atoms with Crippen LogP contribution in [0.5, 0.6) is 0 Å². The van der Waals surface area contributed by atoms with Crippen molar-refractivity contribution in [2.75, 3.05) is 0 Å². The topological polar surface area (TPSA) is 45.4 Å². The molecule has 1 saturated heterocycles. The van der Waals surface area contributed by atoms with Gasteiger partial charge in [-0.25, -0.2) is 4.39 Å². The highest BCUT2D eigenvalue weighted by molar-refractivity contribution is 8.26. The van der Waals surface area contributed by atoms with E-state index in [1.165, 1.54) is 17.8 Å². The fourth-order valence-electron chi connectivity index (χ4n) is 1.86. The highest BCUT2D eigenvalue weighted by Gasteiger charge is 2.23. The quantitative estimate of drug-likeness (QED) is 0.833. The largest absolute Gasteiger partial charge is 0.457 e. The molecule has 102 valence electrons. The summed E-state index contributed by atoms with van der Waals surface area (Å²) in [4.78, 5) is 0.657. The Morgan fingerprint density at radius 2 is 2.10 bits per heavy atom. The van der Waals surface area contributed by atoms with Crippen molar-refractivity contribution in [2.45, 2.75) is 6.23 Å². The lowest BCUT2D eigenvalue weighted by molar-refractivity contribution is 0.211. The van der Waals surface area contributed by atoms with E-state index in [-0.39, 0.29) is 5.82 Å². The van der Waals surface area contributed by atoms with Gasteiger partial charge in [-0.15, -0.1) is 0 Å². The van der Waals surface area contributed by atoms with Crippen molar-refractivity contribution in [3.8, 4) is 11.3 Å². The maximum Gasteiger partial charge on any atom is 0.158 e. The van der Waals surface area contributed by atoms with Crippen molar-refractivity contribution in [1.82, 2.24) is 5.32 Å². The summed E-state index contributed by atoms with van der Waals surface area (Å²) in [6, 6.07) is 9.84. The molecule has 1 aromatic carbocycles. The van der Waals surface area contributed by atoms with Gasteiger partial charge in [-0.2, -0.15) is 0 Å². The van der Waals surface area contributed by atoms with Gasteiger partial charge in [0.2, 0.25) is 0 Å². The van der Waals surface area contributed by atoms with E-state index in [0.717, 1.165) is 0 Å². The number of hydrogen-bond acceptors (Lipinski definition) is 4. The Hall–Kier alpha value is -1.63. The minimum absolute atomic E-state index is 0.334. The van der Waals surface area contributed by atoms with Crippen LogP contribution in [-0.4, -0.2) is 15.7 Å². The van der Waals surface area contributed by atoms with Crippen LogP contribution in [0.15, 0.2) is 45.7 Å². The molecule has 1 aliphatic heterocycles. The molecule has 1 fully saturated rings. The van der Waals surface area contributed by atoms with Gasteiger partial charge < -0.3 is 14.8 Å². The van der Waals surface area contributed by atoms with Gasteiger partial charge in [0.05, 0.1) is 5.56 Å². The first-order valence-corrected chi connectivity index (χ1v) is 7.09. The van der Waals surface area contributed by atoms with Crippen molar-refractivity contribution < 1.29 is 13.9 Å². The summed E-state index contributed by atoms with van der Waals surface area (Å²) in [7, 11) is 0. The summed E-state index contributed by atoms with van der Waals surface area (Å²) in [5.41, 5.74) is 0.408. The molecule has 0 amide bonds. The maximum atomic E-state index is 13.7. The van der Waals surface area contributed by atoms with Gasteiger partial charge >= 0.3 is 0 Å². The Kier molecular flexibility index (Phi) is 3.60. The lowest BCUT2D eigenvalue weighted by atomic mass is 10.1. The molecule has 2 heterocycles. The molecule has 3 nitrogen and oxygen atoms in total. The zero-order valence-electron chi connectivity index (χ0n) is 10.2. The van der Waals surface area contributed by atoms with E-state index < -0.39 is 6.23 Å². The third-order valence-corrected chi connectivity index (χ3v) is 4.03. The smallest absolute Gasteiger partial charge is 0.158 e. The molecule has 2 N–H and O–H groups in total. The lowest BCUT2D eigenvalue weighted by Crippen LogP contribution is -2.23. The third kappa shape index (κ3) is 2.63. The number of hydrogen-bond donors (Lipinski definition) is 2. The molecule has 0 radical (unpaired) electrons. The van der Waals surface area contributed by atoms with Crippen LogP contribution in [-0.2, 0) is 0 Å². The first kappa shape index (κ1) is 13.4. The van der Waals surface area contributed by atoms with Crippen LogP contribution >= 0.6 is 24.0 Å². The van der Waals surface area contributed by atoms with E-state index in [1.807, 2.05) is 0 Å². The summed E-state index contributed by atoms with van der Waals surface area (Å²) in [6.45, 7) is 0. The highest BCUT2D eigenvalue weighted by atomic mass is 32.2. The summed E-state index contributed by atoms with van der Waals surface area (Å²) in [6.07, 6.45) is 0.876. The Bertz CT molecular complexity index is 696. The summed E-state index contributed by atoms with van der Waals surface area (Å²) >= 11 is 6.23. The van der Waals surface area contributed by atoms with E-state index in [4.69, 9.17) is 16.6 Å².